The Morgan fingerprint density at radius 2 is 1.73 bits per heavy atom. The third kappa shape index (κ3) is 3.34. The Balaban J connectivity index is 1.61. The lowest BCUT2D eigenvalue weighted by Gasteiger charge is -2.45. The first-order chi connectivity index (χ1) is 10.5. The van der Waals surface area contributed by atoms with E-state index in [-0.39, 0.29) is 12.1 Å². The van der Waals surface area contributed by atoms with Crippen LogP contribution in [-0.4, -0.2) is 52.8 Å². The number of hydrogen-bond donors (Lipinski definition) is 0. The molecule has 0 aromatic carbocycles. The van der Waals surface area contributed by atoms with Crippen molar-refractivity contribution in [2.45, 2.75) is 43.8 Å². The predicted octanol–water partition coefficient (Wildman–Crippen LogP) is 2.86. The molecule has 0 aliphatic carbocycles. The third-order valence-electron chi connectivity index (χ3n) is 4.89. The van der Waals surface area contributed by atoms with Crippen LogP contribution in [-0.2, 0) is 0 Å². The molecule has 2 saturated heterocycles. The number of piperidine rings is 1. The zero-order chi connectivity index (χ0) is 15.6. The molecule has 1 aromatic heterocycles. The molecule has 0 radical (unpaired) electrons. The van der Waals surface area contributed by atoms with Gasteiger partial charge >= 0.3 is 6.18 Å². The monoisotopic (exact) mass is 314 g/mol. The topological polar surface area (TPSA) is 32.3 Å². The minimum absolute atomic E-state index is 0.0378. The normalized spacial score (nSPS) is 22.4. The van der Waals surface area contributed by atoms with Gasteiger partial charge in [0, 0.05) is 44.1 Å². The molecular formula is C15H21F3N4. The summed E-state index contributed by atoms with van der Waals surface area (Å²) in [7, 11) is 0. The molecule has 2 aliphatic heterocycles. The van der Waals surface area contributed by atoms with Gasteiger partial charge in [-0.1, -0.05) is 0 Å². The molecule has 22 heavy (non-hydrogen) atoms. The fourth-order valence-electron chi connectivity index (χ4n) is 3.68. The smallest absolute Gasteiger partial charge is 0.335 e. The predicted molar refractivity (Wildman–Crippen MR) is 77.7 cm³/mol. The minimum Gasteiger partial charge on any atom is -0.335 e. The number of anilines is 1. The highest BCUT2D eigenvalue weighted by Crippen LogP contribution is 2.40. The second-order valence-electron chi connectivity index (χ2n) is 6.24. The molecule has 2 fully saturated rings. The van der Waals surface area contributed by atoms with Crippen LogP contribution < -0.4 is 4.90 Å². The lowest BCUT2D eigenvalue weighted by atomic mass is 9.85. The van der Waals surface area contributed by atoms with E-state index in [9.17, 15) is 13.2 Å². The number of hydrogen-bond acceptors (Lipinski definition) is 4. The minimum atomic E-state index is -4.06. The molecule has 0 bridgehead atoms. The highest BCUT2D eigenvalue weighted by atomic mass is 19.4. The molecule has 0 unspecified atom stereocenters. The Morgan fingerprint density at radius 3 is 2.36 bits per heavy atom. The Labute approximate surface area is 128 Å². The lowest BCUT2D eigenvalue weighted by Crippen LogP contribution is -2.53. The van der Waals surface area contributed by atoms with Gasteiger partial charge in [-0.3, -0.25) is 0 Å². The van der Waals surface area contributed by atoms with Gasteiger partial charge in [0.1, 0.15) is 0 Å². The maximum Gasteiger partial charge on any atom is 0.390 e. The van der Waals surface area contributed by atoms with E-state index in [1.807, 2.05) is 4.90 Å². The van der Waals surface area contributed by atoms with Crippen molar-refractivity contribution >= 4 is 5.95 Å². The van der Waals surface area contributed by atoms with Crippen molar-refractivity contribution in [3.8, 4) is 0 Å². The number of aromatic nitrogens is 2. The number of rotatable bonds is 3. The SMILES string of the molecule is FC(F)(F)CCN1CCC2(CCCN2c2ncccn2)CC1. The van der Waals surface area contributed by atoms with Gasteiger partial charge in [-0.05, 0) is 31.7 Å². The van der Waals surface area contributed by atoms with Crippen molar-refractivity contribution in [3.63, 3.8) is 0 Å². The molecule has 3 heterocycles. The first kappa shape index (κ1) is 15.5. The maximum absolute atomic E-state index is 12.3. The quantitative estimate of drug-likeness (QED) is 0.859. The first-order valence-corrected chi connectivity index (χ1v) is 7.82. The molecule has 122 valence electrons. The van der Waals surface area contributed by atoms with E-state index in [4.69, 9.17) is 0 Å². The Kier molecular flexibility index (Phi) is 4.25. The summed E-state index contributed by atoms with van der Waals surface area (Å²) in [6.07, 6.45) is 2.67. The first-order valence-electron chi connectivity index (χ1n) is 7.82. The van der Waals surface area contributed by atoms with Gasteiger partial charge < -0.3 is 9.80 Å². The Hall–Kier alpha value is -1.37. The summed E-state index contributed by atoms with van der Waals surface area (Å²) in [4.78, 5) is 12.9. The van der Waals surface area contributed by atoms with Crippen LogP contribution in [0.4, 0.5) is 19.1 Å². The van der Waals surface area contributed by atoms with Gasteiger partial charge in [-0.15, -0.1) is 0 Å². The maximum atomic E-state index is 12.3. The van der Waals surface area contributed by atoms with E-state index in [1.54, 1.807) is 18.5 Å². The van der Waals surface area contributed by atoms with E-state index in [0.717, 1.165) is 51.3 Å². The van der Waals surface area contributed by atoms with E-state index < -0.39 is 12.6 Å². The van der Waals surface area contributed by atoms with Crippen LogP contribution in [0.3, 0.4) is 0 Å². The van der Waals surface area contributed by atoms with Crippen LogP contribution in [0.5, 0.6) is 0 Å². The van der Waals surface area contributed by atoms with Gasteiger partial charge in [0.15, 0.2) is 0 Å². The van der Waals surface area contributed by atoms with E-state index >= 15 is 0 Å². The summed E-state index contributed by atoms with van der Waals surface area (Å²) < 4.78 is 37.0. The molecular weight excluding hydrogens is 293 g/mol. The van der Waals surface area contributed by atoms with Crippen LogP contribution in [0.2, 0.25) is 0 Å². The summed E-state index contributed by atoms with van der Waals surface area (Å²) in [5, 5.41) is 0. The van der Waals surface area contributed by atoms with E-state index in [2.05, 4.69) is 14.9 Å². The van der Waals surface area contributed by atoms with Crippen LogP contribution in [0, 0.1) is 0 Å². The van der Waals surface area contributed by atoms with Crippen molar-refractivity contribution < 1.29 is 13.2 Å². The summed E-state index contributed by atoms with van der Waals surface area (Å²) >= 11 is 0. The molecule has 0 saturated carbocycles. The standard InChI is InChI=1S/C15H21F3N4/c16-15(17,18)6-12-21-10-4-14(5-11-21)3-1-9-22(14)13-19-7-2-8-20-13/h2,7-8H,1,3-6,9-12H2. The van der Waals surface area contributed by atoms with E-state index in [0.29, 0.717) is 0 Å². The van der Waals surface area contributed by atoms with Crippen LogP contribution in [0.15, 0.2) is 18.5 Å². The fourth-order valence-corrected chi connectivity index (χ4v) is 3.68. The van der Waals surface area contributed by atoms with Gasteiger partial charge in [-0.25, -0.2) is 9.97 Å². The molecule has 4 nitrogen and oxygen atoms in total. The highest BCUT2D eigenvalue weighted by molar-refractivity contribution is 5.37. The van der Waals surface area contributed by atoms with Crippen molar-refractivity contribution in [2.75, 3.05) is 31.1 Å². The summed E-state index contributed by atoms with van der Waals surface area (Å²) in [5.41, 5.74) is 0.0378. The van der Waals surface area contributed by atoms with E-state index in [1.165, 1.54) is 0 Å². The van der Waals surface area contributed by atoms with Crippen LogP contribution >= 0.6 is 0 Å². The lowest BCUT2D eigenvalue weighted by molar-refractivity contribution is -0.138. The molecule has 1 spiro atoms. The molecule has 0 N–H and O–H groups in total. The highest BCUT2D eigenvalue weighted by Gasteiger charge is 2.44. The molecule has 3 rings (SSSR count). The zero-order valence-corrected chi connectivity index (χ0v) is 12.5. The van der Waals surface area contributed by atoms with Crippen molar-refractivity contribution in [1.29, 1.82) is 0 Å². The third-order valence-corrected chi connectivity index (χ3v) is 4.89. The average molecular weight is 314 g/mol. The second kappa shape index (κ2) is 6.02. The second-order valence-corrected chi connectivity index (χ2v) is 6.24. The summed E-state index contributed by atoms with van der Waals surface area (Å²) in [6, 6.07) is 1.80. The fraction of sp³-hybridized carbons (Fsp3) is 0.733. The molecule has 0 atom stereocenters. The van der Waals surface area contributed by atoms with Crippen molar-refractivity contribution in [2.24, 2.45) is 0 Å². The van der Waals surface area contributed by atoms with Gasteiger partial charge in [0.2, 0.25) is 5.95 Å². The number of halogens is 3. The Morgan fingerprint density at radius 1 is 1.05 bits per heavy atom. The largest absolute Gasteiger partial charge is 0.390 e. The Bertz CT molecular complexity index is 483. The molecule has 2 aliphatic rings. The van der Waals surface area contributed by atoms with Crippen LogP contribution in [0.1, 0.15) is 32.1 Å². The number of nitrogens with zero attached hydrogens (tertiary/aromatic N) is 4. The van der Waals surface area contributed by atoms with Crippen molar-refractivity contribution in [1.82, 2.24) is 14.9 Å². The number of alkyl halides is 3. The molecule has 1 aromatic rings. The molecule has 0 amide bonds. The van der Waals surface area contributed by atoms with Gasteiger partial charge in [0.25, 0.3) is 0 Å². The summed E-state index contributed by atoms with van der Waals surface area (Å²) in [6.45, 7) is 2.49. The average Bonchev–Trinajstić information content (AvgIpc) is 2.90. The molecule has 7 heteroatoms. The zero-order valence-electron chi connectivity index (χ0n) is 12.5. The van der Waals surface area contributed by atoms with Crippen molar-refractivity contribution in [3.05, 3.63) is 18.5 Å². The van der Waals surface area contributed by atoms with Gasteiger partial charge in [-0.2, -0.15) is 13.2 Å². The number of likely N-dealkylation sites (tertiary alicyclic amines) is 1. The summed E-state index contributed by atoms with van der Waals surface area (Å²) in [5.74, 6) is 0.753. The van der Waals surface area contributed by atoms with Crippen LogP contribution in [0.25, 0.3) is 0 Å². The van der Waals surface area contributed by atoms with Gasteiger partial charge in [0.05, 0.1) is 6.42 Å².